The number of hydrogen-bond donors (Lipinski definition) is 1. The van der Waals surface area contributed by atoms with Crippen LogP contribution in [0.4, 0.5) is 0 Å². The van der Waals surface area contributed by atoms with Gasteiger partial charge in [0.25, 0.3) is 0 Å². The number of guanidine groups is 1. The number of benzene rings is 2. The average molecular weight is 334 g/mol. The fraction of sp³-hybridized carbons (Fsp3) is 0.300. The molecular weight excluding hydrogens is 312 g/mol. The molecule has 2 aliphatic rings. The Labute approximate surface area is 147 Å². The van der Waals surface area contributed by atoms with Crippen LogP contribution in [0.5, 0.6) is 5.75 Å². The molecule has 2 N–H and O–H groups in total. The van der Waals surface area contributed by atoms with Gasteiger partial charge in [0.2, 0.25) is 0 Å². The molecule has 2 aromatic rings. The fourth-order valence-corrected chi connectivity index (χ4v) is 3.39. The molecule has 128 valence electrons. The highest BCUT2D eigenvalue weighted by molar-refractivity contribution is 6.07. The van der Waals surface area contributed by atoms with E-state index >= 15 is 0 Å². The molecule has 4 rings (SSSR count). The summed E-state index contributed by atoms with van der Waals surface area (Å²) < 4.78 is 5.62. The molecule has 0 saturated carbocycles. The fourth-order valence-electron chi connectivity index (χ4n) is 3.39. The van der Waals surface area contributed by atoms with Crippen molar-refractivity contribution in [3.05, 3.63) is 54.1 Å². The summed E-state index contributed by atoms with van der Waals surface area (Å²) >= 11 is 0. The zero-order valence-corrected chi connectivity index (χ0v) is 14.4. The number of amidine groups is 1. The van der Waals surface area contributed by atoms with Crippen molar-refractivity contribution in [1.29, 1.82) is 0 Å². The number of hydrogen-bond acceptors (Lipinski definition) is 5. The van der Waals surface area contributed by atoms with Crippen LogP contribution in [0.25, 0.3) is 11.1 Å². The number of rotatable bonds is 4. The standard InChI is InChI=1S/C20H22N4O/c1-2-25-17-9-4-7-15(13-17)14-6-3-8-16(12-14)18-19-22-10-5-11-24(19)20(21)23-18/h3-4,6-9,12-13,18H,2,5,10-11H2,1H3,(H2,21,23). The number of nitrogens with two attached hydrogens (primary N) is 1. The predicted molar refractivity (Wildman–Crippen MR) is 101 cm³/mol. The summed E-state index contributed by atoms with van der Waals surface area (Å²) in [6.45, 7) is 4.41. The second kappa shape index (κ2) is 6.59. The Morgan fingerprint density at radius 2 is 1.96 bits per heavy atom. The van der Waals surface area contributed by atoms with Gasteiger partial charge in [0, 0.05) is 13.1 Å². The summed E-state index contributed by atoms with van der Waals surface area (Å²) in [5.74, 6) is 2.44. The Bertz CT molecular complexity index is 843. The second-order valence-corrected chi connectivity index (χ2v) is 6.22. The third kappa shape index (κ3) is 2.97. The Hall–Kier alpha value is -2.82. The Kier molecular flexibility index (Phi) is 4.14. The summed E-state index contributed by atoms with van der Waals surface area (Å²) in [6.07, 6.45) is 1.02. The lowest BCUT2D eigenvalue weighted by Crippen LogP contribution is -2.41. The highest BCUT2D eigenvalue weighted by atomic mass is 16.5. The third-order valence-electron chi connectivity index (χ3n) is 4.55. The van der Waals surface area contributed by atoms with Crippen LogP contribution in [-0.2, 0) is 0 Å². The molecular formula is C20H22N4O. The normalized spacial score (nSPS) is 19.2. The van der Waals surface area contributed by atoms with E-state index in [2.05, 4.69) is 46.4 Å². The van der Waals surface area contributed by atoms with Crippen molar-refractivity contribution in [1.82, 2.24) is 4.90 Å². The smallest absolute Gasteiger partial charge is 0.197 e. The van der Waals surface area contributed by atoms with Gasteiger partial charge in [-0.2, -0.15) is 0 Å². The highest BCUT2D eigenvalue weighted by Crippen LogP contribution is 2.32. The van der Waals surface area contributed by atoms with Gasteiger partial charge in [0.05, 0.1) is 6.61 Å². The predicted octanol–water partition coefficient (Wildman–Crippen LogP) is 3.23. The van der Waals surface area contributed by atoms with E-state index in [1.54, 1.807) is 0 Å². The van der Waals surface area contributed by atoms with E-state index in [1.165, 1.54) is 0 Å². The lowest BCUT2D eigenvalue weighted by Gasteiger charge is -2.24. The largest absolute Gasteiger partial charge is 0.494 e. The monoisotopic (exact) mass is 334 g/mol. The van der Waals surface area contributed by atoms with Gasteiger partial charge in [-0.3, -0.25) is 9.89 Å². The molecule has 2 aromatic carbocycles. The number of nitrogens with zero attached hydrogens (tertiary/aromatic N) is 3. The number of fused-ring (bicyclic) bond motifs is 1. The van der Waals surface area contributed by atoms with Gasteiger partial charge in [-0.1, -0.05) is 30.3 Å². The first kappa shape index (κ1) is 15.7. The number of ether oxygens (including phenoxy) is 1. The topological polar surface area (TPSA) is 63.2 Å². The van der Waals surface area contributed by atoms with Crippen molar-refractivity contribution >= 4 is 11.8 Å². The summed E-state index contributed by atoms with van der Waals surface area (Å²) in [6, 6.07) is 16.5. The van der Waals surface area contributed by atoms with Crippen molar-refractivity contribution in [2.75, 3.05) is 19.7 Å². The van der Waals surface area contributed by atoms with Crippen molar-refractivity contribution < 1.29 is 4.74 Å². The highest BCUT2D eigenvalue weighted by Gasteiger charge is 2.33. The Morgan fingerprint density at radius 3 is 2.80 bits per heavy atom. The molecule has 5 nitrogen and oxygen atoms in total. The van der Waals surface area contributed by atoms with Crippen molar-refractivity contribution in [3.8, 4) is 16.9 Å². The van der Waals surface area contributed by atoms with Crippen LogP contribution in [0, 0.1) is 0 Å². The molecule has 2 heterocycles. The van der Waals surface area contributed by atoms with E-state index in [-0.39, 0.29) is 6.04 Å². The van der Waals surface area contributed by atoms with E-state index in [9.17, 15) is 0 Å². The van der Waals surface area contributed by atoms with Crippen LogP contribution in [-0.4, -0.2) is 36.4 Å². The van der Waals surface area contributed by atoms with Gasteiger partial charge in [0.1, 0.15) is 17.6 Å². The SMILES string of the molecule is CCOc1cccc(-c2cccc(C3N=C(N)N4CCCN=C34)c2)c1. The molecule has 2 aliphatic heterocycles. The molecule has 0 aromatic heterocycles. The first-order chi connectivity index (χ1) is 12.3. The maximum Gasteiger partial charge on any atom is 0.197 e. The van der Waals surface area contributed by atoms with Crippen LogP contribution >= 0.6 is 0 Å². The molecule has 1 atom stereocenters. The third-order valence-corrected chi connectivity index (χ3v) is 4.55. The van der Waals surface area contributed by atoms with Gasteiger partial charge >= 0.3 is 0 Å². The minimum absolute atomic E-state index is 0.102. The molecule has 0 radical (unpaired) electrons. The summed E-state index contributed by atoms with van der Waals surface area (Å²) in [4.78, 5) is 11.4. The van der Waals surface area contributed by atoms with Crippen molar-refractivity contribution in [3.63, 3.8) is 0 Å². The molecule has 0 saturated heterocycles. The van der Waals surface area contributed by atoms with E-state index in [0.29, 0.717) is 12.6 Å². The first-order valence-electron chi connectivity index (χ1n) is 8.74. The maximum absolute atomic E-state index is 6.10. The Morgan fingerprint density at radius 1 is 1.16 bits per heavy atom. The van der Waals surface area contributed by atoms with E-state index in [4.69, 9.17) is 10.5 Å². The van der Waals surface area contributed by atoms with Gasteiger partial charge < -0.3 is 10.5 Å². The van der Waals surface area contributed by atoms with Crippen LogP contribution < -0.4 is 10.5 Å². The first-order valence-corrected chi connectivity index (χ1v) is 8.74. The average Bonchev–Trinajstić information content (AvgIpc) is 3.00. The maximum atomic E-state index is 6.10. The summed E-state index contributed by atoms with van der Waals surface area (Å²) in [5.41, 5.74) is 9.49. The zero-order chi connectivity index (χ0) is 17.2. The number of aliphatic imine (C=N–C) groups is 2. The summed E-state index contributed by atoms with van der Waals surface area (Å²) in [7, 11) is 0. The molecule has 0 fully saturated rings. The van der Waals surface area contributed by atoms with Crippen molar-refractivity contribution in [2.24, 2.45) is 15.7 Å². The zero-order valence-electron chi connectivity index (χ0n) is 14.4. The van der Waals surface area contributed by atoms with Gasteiger partial charge in [-0.05, 0) is 48.2 Å². The molecule has 1 unspecified atom stereocenters. The van der Waals surface area contributed by atoms with Gasteiger partial charge in [-0.15, -0.1) is 0 Å². The van der Waals surface area contributed by atoms with Crippen LogP contribution in [0.15, 0.2) is 58.5 Å². The van der Waals surface area contributed by atoms with Crippen molar-refractivity contribution in [2.45, 2.75) is 19.4 Å². The van der Waals surface area contributed by atoms with Crippen LogP contribution in [0.2, 0.25) is 0 Å². The van der Waals surface area contributed by atoms with E-state index < -0.39 is 0 Å². The minimum atomic E-state index is -0.102. The van der Waals surface area contributed by atoms with E-state index in [1.807, 2.05) is 24.0 Å². The molecule has 25 heavy (non-hydrogen) atoms. The molecule has 5 heteroatoms. The molecule has 0 aliphatic carbocycles. The van der Waals surface area contributed by atoms with Crippen LogP contribution in [0.3, 0.4) is 0 Å². The van der Waals surface area contributed by atoms with E-state index in [0.717, 1.165) is 47.8 Å². The quantitative estimate of drug-likeness (QED) is 0.934. The lowest BCUT2D eigenvalue weighted by molar-refractivity contribution is 0.340. The minimum Gasteiger partial charge on any atom is -0.494 e. The van der Waals surface area contributed by atoms with Crippen LogP contribution in [0.1, 0.15) is 24.9 Å². The van der Waals surface area contributed by atoms with Gasteiger partial charge in [0.15, 0.2) is 5.96 Å². The second-order valence-electron chi connectivity index (χ2n) is 6.22. The lowest BCUT2D eigenvalue weighted by atomic mass is 9.99. The van der Waals surface area contributed by atoms with Gasteiger partial charge in [-0.25, -0.2) is 4.99 Å². The molecule has 0 spiro atoms. The molecule has 0 bridgehead atoms. The Balaban J connectivity index is 1.68. The molecule has 0 amide bonds. The summed E-state index contributed by atoms with van der Waals surface area (Å²) in [5, 5.41) is 0.